The first-order valence-electron chi connectivity index (χ1n) is 7.49. The normalized spacial score (nSPS) is 15.5. The molecule has 6 heteroatoms. The van der Waals surface area contributed by atoms with Gasteiger partial charge in [-0.25, -0.2) is 13.1 Å². The Morgan fingerprint density at radius 3 is 2.41 bits per heavy atom. The smallest absolute Gasteiger partial charge is 0.240 e. The van der Waals surface area contributed by atoms with E-state index in [1.54, 1.807) is 18.2 Å². The van der Waals surface area contributed by atoms with Gasteiger partial charge in [0, 0.05) is 12.1 Å². The number of hydrogen-bond donors (Lipinski definition) is 3. The number of nitrogens with one attached hydrogen (secondary N) is 2. The van der Waals surface area contributed by atoms with Gasteiger partial charge in [0.05, 0.1) is 11.5 Å². The summed E-state index contributed by atoms with van der Waals surface area (Å²) >= 11 is 0. The molecule has 0 fully saturated rings. The summed E-state index contributed by atoms with van der Waals surface area (Å²) in [6, 6.07) is 6.77. The summed E-state index contributed by atoms with van der Waals surface area (Å²) in [5, 5.41) is 12.9. The van der Waals surface area contributed by atoms with E-state index in [0.29, 0.717) is 0 Å². The van der Waals surface area contributed by atoms with Crippen molar-refractivity contribution in [1.82, 2.24) is 10.0 Å². The lowest BCUT2D eigenvalue weighted by Gasteiger charge is -2.28. The van der Waals surface area contributed by atoms with Gasteiger partial charge in [0.15, 0.2) is 0 Å². The van der Waals surface area contributed by atoms with Gasteiger partial charge in [-0.2, -0.15) is 0 Å². The lowest BCUT2D eigenvalue weighted by atomic mass is 9.88. The minimum absolute atomic E-state index is 0.0282. The van der Waals surface area contributed by atoms with Crippen LogP contribution < -0.4 is 10.0 Å². The second-order valence-corrected chi connectivity index (χ2v) is 8.70. The summed E-state index contributed by atoms with van der Waals surface area (Å²) in [4.78, 5) is 0.248. The standard InChI is InChI=1S/C16H28N2O3S/c1-12(18-14(11-19)10-16(2,3)4)13-7-6-8-15(9-13)22(20,21)17-5/h6-9,12,14,17-19H,10-11H2,1-5H3. The molecule has 0 bridgehead atoms. The van der Waals surface area contributed by atoms with Crippen LogP contribution in [0, 0.1) is 5.41 Å². The Balaban J connectivity index is 2.89. The zero-order chi connectivity index (χ0) is 17.0. The van der Waals surface area contributed by atoms with Gasteiger partial charge >= 0.3 is 0 Å². The second-order valence-electron chi connectivity index (χ2n) is 6.81. The van der Waals surface area contributed by atoms with E-state index in [2.05, 4.69) is 30.8 Å². The van der Waals surface area contributed by atoms with Gasteiger partial charge in [0.2, 0.25) is 10.0 Å². The largest absolute Gasteiger partial charge is 0.395 e. The van der Waals surface area contributed by atoms with Gasteiger partial charge < -0.3 is 10.4 Å². The summed E-state index contributed by atoms with van der Waals surface area (Å²) in [6.07, 6.45) is 0.836. The molecular formula is C16H28N2O3S. The van der Waals surface area contributed by atoms with Crippen molar-refractivity contribution >= 4 is 10.0 Å². The van der Waals surface area contributed by atoms with Crippen LogP contribution in [0.3, 0.4) is 0 Å². The van der Waals surface area contributed by atoms with Crippen LogP contribution in [0.5, 0.6) is 0 Å². The third-order valence-electron chi connectivity index (χ3n) is 3.50. The number of aliphatic hydroxyl groups is 1. The fourth-order valence-electron chi connectivity index (χ4n) is 2.43. The fraction of sp³-hybridized carbons (Fsp3) is 0.625. The van der Waals surface area contributed by atoms with Crippen molar-refractivity contribution in [2.75, 3.05) is 13.7 Å². The Kier molecular flexibility index (Phi) is 6.55. The quantitative estimate of drug-likeness (QED) is 0.716. The van der Waals surface area contributed by atoms with E-state index < -0.39 is 10.0 Å². The average molecular weight is 328 g/mol. The first-order chi connectivity index (χ1) is 10.1. The Morgan fingerprint density at radius 2 is 1.91 bits per heavy atom. The summed E-state index contributed by atoms with van der Waals surface area (Å²) in [5.41, 5.74) is 0.987. The van der Waals surface area contributed by atoms with Crippen LogP contribution in [0.4, 0.5) is 0 Å². The van der Waals surface area contributed by atoms with Gasteiger partial charge in [-0.15, -0.1) is 0 Å². The third-order valence-corrected chi connectivity index (χ3v) is 4.91. The summed E-state index contributed by atoms with van der Waals surface area (Å²) < 4.78 is 26.1. The van der Waals surface area contributed by atoms with E-state index in [1.807, 2.05) is 13.0 Å². The molecule has 0 saturated carbocycles. The topological polar surface area (TPSA) is 78.4 Å². The van der Waals surface area contributed by atoms with Crippen molar-refractivity contribution in [2.24, 2.45) is 5.41 Å². The Bertz CT molecular complexity index is 579. The maximum Gasteiger partial charge on any atom is 0.240 e. The third kappa shape index (κ3) is 5.68. The lowest BCUT2D eigenvalue weighted by Crippen LogP contribution is -2.37. The van der Waals surface area contributed by atoms with Crippen LogP contribution in [0.2, 0.25) is 0 Å². The molecule has 0 radical (unpaired) electrons. The molecule has 126 valence electrons. The van der Waals surface area contributed by atoms with Gasteiger partial charge in [-0.05, 0) is 43.5 Å². The lowest BCUT2D eigenvalue weighted by molar-refractivity contribution is 0.190. The van der Waals surface area contributed by atoms with Crippen LogP contribution in [-0.2, 0) is 10.0 Å². The summed E-state index contributed by atoms with van der Waals surface area (Å²) in [6.45, 7) is 8.40. The molecule has 0 amide bonds. The van der Waals surface area contributed by atoms with Crippen LogP contribution in [0.15, 0.2) is 29.2 Å². The number of sulfonamides is 1. The first kappa shape index (κ1) is 19.1. The molecule has 3 N–H and O–H groups in total. The number of benzene rings is 1. The highest BCUT2D eigenvalue weighted by Gasteiger charge is 2.21. The molecule has 0 saturated heterocycles. The van der Waals surface area contributed by atoms with Crippen LogP contribution in [-0.4, -0.2) is 33.2 Å². The Labute approximate surface area is 134 Å². The molecule has 0 spiro atoms. The van der Waals surface area contributed by atoms with Crippen molar-refractivity contribution in [3.05, 3.63) is 29.8 Å². The van der Waals surface area contributed by atoms with Gasteiger partial charge in [-0.3, -0.25) is 0 Å². The van der Waals surface area contributed by atoms with Crippen LogP contribution >= 0.6 is 0 Å². The SMILES string of the molecule is CNS(=O)(=O)c1cccc(C(C)NC(CO)CC(C)(C)C)c1. The maximum absolute atomic E-state index is 11.9. The summed E-state index contributed by atoms with van der Waals surface area (Å²) in [7, 11) is -2.05. The first-order valence-corrected chi connectivity index (χ1v) is 8.98. The average Bonchev–Trinajstić information content (AvgIpc) is 2.45. The molecular weight excluding hydrogens is 300 g/mol. The number of aliphatic hydroxyl groups excluding tert-OH is 1. The van der Waals surface area contributed by atoms with E-state index in [0.717, 1.165) is 12.0 Å². The minimum Gasteiger partial charge on any atom is -0.395 e. The molecule has 1 aromatic carbocycles. The highest BCUT2D eigenvalue weighted by atomic mass is 32.2. The molecule has 0 heterocycles. The van der Waals surface area contributed by atoms with E-state index in [9.17, 15) is 13.5 Å². The van der Waals surface area contributed by atoms with Crippen molar-refractivity contribution in [3.63, 3.8) is 0 Å². The van der Waals surface area contributed by atoms with Crippen molar-refractivity contribution < 1.29 is 13.5 Å². The van der Waals surface area contributed by atoms with E-state index in [-0.39, 0.29) is 29.0 Å². The Morgan fingerprint density at radius 1 is 1.27 bits per heavy atom. The molecule has 22 heavy (non-hydrogen) atoms. The Hall–Kier alpha value is -0.950. The molecule has 1 rings (SSSR count). The van der Waals surface area contributed by atoms with Gasteiger partial charge in [-0.1, -0.05) is 32.9 Å². The molecule has 1 aromatic rings. The molecule has 0 aliphatic carbocycles. The molecule has 2 unspecified atom stereocenters. The molecule has 5 nitrogen and oxygen atoms in total. The summed E-state index contributed by atoms with van der Waals surface area (Å²) in [5.74, 6) is 0. The predicted molar refractivity (Wildman–Crippen MR) is 89.2 cm³/mol. The highest BCUT2D eigenvalue weighted by molar-refractivity contribution is 7.89. The minimum atomic E-state index is -3.44. The number of rotatable bonds is 7. The van der Waals surface area contributed by atoms with E-state index in [4.69, 9.17) is 0 Å². The predicted octanol–water partition coefficient (Wildman–Crippen LogP) is 2.04. The molecule has 0 aliphatic heterocycles. The second kappa shape index (κ2) is 7.55. The molecule has 2 atom stereocenters. The van der Waals surface area contributed by atoms with Gasteiger partial charge in [0.25, 0.3) is 0 Å². The van der Waals surface area contributed by atoms with Crippen LogP contribution in [0.25, 0.3) is 0 Å². The van der Waals surface area contributed by atoms with Crippen molar-refractivity contribution in [2.45, 2.75) is 51.1 Å². The van der Waals surface area contributed by atoms with E-state index >= 15 is 0 Å². The van der Waals surface area contributed by atoms with Gasteiger partial charge in [0.1, 0.15) is 0 Å². The van der Waals surface area contributed by atoms with Crippen LogP contribution in [0.1, 0.15) is 45.7 Å². The van der Waals surface area contributed by atoms with Crippen molar-refractivity contribution in [1.29, 1.82) is 0 Å². The zero-order valence-electron chi connectivity index (χ0n) is 14.1. The fourth-order valence-corrected chi connectivity index (χ4v) is 3.22. The maximum atomic E-state index is 11.9. The van der Waals surface area contributed by atoms with E-state index in [1.165, 1.54) is 7.05 Å². The monoisotopic (exact) mass is 328 g/mol. The molecule has 0 aromatic heterocycles. The molecule has 0 aliphatic rings. The highest BCUT2D eigenvalue weighted by Crippen LogP contribution is 2.23. The number of hydrogen-bond acceptors (Lipinski definition) is 4. The zero-order valence-corrected chi connectivity index (χ0v) is 14.9. The van der Waals surface area contributed by atoms with Crippen molar-refractivity contribution in [3.8, 4) is 0 Å².